The van der Waals surface area contributed by atoms with Crippen molar-refractivity contribution in [3.63, 3.8) is 0 Å². The normalized spacial score (nSPS) is 12.2. The average molecular weight is 420 g/mol. The molecule has 0 heterocycles. The molecule has 0 aliphatic rings. The van der Waals surface area contributed by atoms with Gasteiger partial charge < -0.3 is 26.0 Å². The van der Waals surface area contributed by atoms with Gasteiger partial charge >= 0.3 is 6.09 Å². The molecule has 4 N–H and O–H groups in total. The van der Waals surface area contributed by atoms with E-state index in [0.717, 1.165) is 17.7 Å². The van der Waals surface area contributed by atoms with Gasteiger partial charge in [0.1, 0.15) is 5.60 Å². The van der Waals surface area contributed by atoms with Crippen LogP contribution in [-0.4, -0.2) is 42.7 Å². The number of carbonyl (C=O) groups is 2. The lowest BCUT2D eigenvalue weighted by Gasteiger charge is -2.29. The number of alkyl carbamates (subject to hydrolysis) is 1. The summed E-state index contributed by atoms with van der Waals surface area (Å²) in [7, 11) is 1.69. The summed E-state index contributed by atoms with van der Waals surface area (Å²) in [4.78, 5) is 27.9. The SMILES string of the molecule is CCCC(=O)Nc1ccc(CNC(=NC)NCC(C)(C)NC(=O)OC(C)(C)C)cc1. The molecule has 1 rings (SSSR count). The van der Waals surface area contributed by atoms with Crippen LogP contribution in [0, 0.1) is 0 Å². The van der Waals surface area contributed by atoms with Crippen LogP contribution in [0.3, 0.4) is 0 Å². The monoisotopic (exact) mass is 419 g/mol. The number of amides is 2. The van der Waals surface area contributed by atoms with Crippen molar-refractivity contribution in [2.24, 2.45) is 4.99 Å². The molecule has 1 aromatic carbocycles. The number of benzene rings is 1. The fourth-order valence-electron chi connectivity index (χ4n) is 2.49. The second-order valence-corrected chi connectivity index (χ2v) is 8.79. The largest absolute Gasteiger partial charge is 0.444 e. The van der Waals surface area contributed by atoms with Crippen molar-refractivity contribution in [1.29, 1.82) is 0 Å². The van der Waals surface area contributed by atoms with Crippen LogP contribution in [0.4, 0.5) is 10.5 Å². The minimum Gasteiger partial charge on any atom is -0.444 e. The highest BCUT2D eigenvalue weighted by molar-refractivity contribution is 5.90. The highest BCUT2D eigenvalue weighted by Gasteiger charge is 2.24. The maximum absolute atomic E-state index is 12.0. The number of hydrogen-bond donors (Lipinski definition) is 4. The summed E-state index contributed by atoms with van der Waals surface area (Å²) in [6.07, 6.45) is 0.887. The summed E-state index contributed by atoms with van der Waals surface area (Å²) in [6, 6.07) is 7.68. The first-order valence-corrected chi connectivity index (χ1v) is 10.3. The lowest BCUT2D eigenvalue weighted by Crippen LogP contribution is -2.54. The van der Waals surface area contributed by atoms with Crippen molar-refractivity contribution in [1.82, 2.24) is 16.0 Å². The summed E-state index contributed by atoms with van der Waals surface area (Å²) in [5, 5.41) is 12.2. The molecule has 1 aromatic rings. The Bertz CT molecular complexity index is 721. The molecule has 30 heavy (non-hydrogen) atoms. The van der Waals surface area contributed by atoms with Gasteiger partial charge in [-0.3, -0.25) is 9.79 Å². The number of anilines is 1. The van der Waals surface area contributed by atoms with Crippen LogP contribution in [-0.2, 0) is 16.1 Å². The number of rotatable bonds is 8. The van der Waals surface area contributed by atoms with Gasteiger partial charge in [0.25, 0.3) is 0 Å². The molecule has 8 nitrogen and oxygen atoms in total. The van der Waals surface area contributed by atoms with Crippen molar-refractivity contribution in [2.75, 3.05) is 18.9 Å². The van der Waals surface area contributed by atoms with E-state index in [4.69, 9.17) is 4.74 Å². The number of carbonyl (C=O) groups excluding carboxylic acids is 2. The van der Waals surface area contributed by atoms with Gasteiger partial charge in [-0.1, -0.05) is 19.1 Å². The molecule has 2 amide bonds. The molecule has 0 saturated heterocycles. The topological polar surface area (TPSA) is 104 Å². The summed E-state index contributed by atoms with van der Waals surface area (Å²) in [6.45, 7) is 12.3. The number of nitrogens with zero attached hydrogens (tertiary/aromatic N) is 1. The Kier molecular flexibility index (Phi) is 9.62. The molecule has 0 aliphatic carbocycles. The van der Waals surface area contributed by atoms with Crippen molar-refractivity contribution in [3.8, 4) is 0 Å². The Hall–Kier alpha value is -2.77. The number of aliphatic imine (C=N–C) groups is 1. The fraction of sp³-hybridized carbons (Fsp3) is 0.591. The van der Waals surface area contributed by atoms with Crippen LogP contribution in [0.1, 0.15) is 59.9 Å². The van der Waals surface area contributed by atoms with E-state index in [1.54, 1.807) is 7.05 Å². The van der Waals surface area contributed by atoms with E-state index >= 15 is 0 Å². The standard InChI is InChI=1S/C22H37N5O3/c1-8-9-18(28)26-17-12-10-16(11-13-17)14-24-19(23-7)25-15-22(5,6)27-20(29)30-21(2,3)4/h10-13H,8-9,14-15H2,1-7H3,(H,26,28)(H,27,29)(H2,23,24,25). The smallest absolute Gasteiger partial charge is 0.408 e. The third kappa shape index (κ3) is 10.7. The Morgan fingerprint density at radius 3 is 2.20 bits per heavy atom. The average Bonchev–Trinajstić information content (AvgIpc) is 2.61. The van der Waals surface area contributed by atoms with Crippen LogP contribution in [0.25, 0.3) is 0 Å². The van der Waals surface area contributed by atoms with Gasteiger partial charge in [-0.2, -0.15) is 0 Å². The Morgan fingerprint density at radius 1 is 1.03 bits per heavy atom. The molecule has 0 bridgehead atoms. The Balaban J connectivity index is 2.49. The molecule has 0 radical (unpaired) electrons. The van der Waals surface area contributed by atoms with E-state index in [2.05, 4.69) is 26.3 Å². The minimum atomic E-state index is -0.542. The molecule has 0 aromatic heterocycles. The number of ether oxygens (including phenoxy) is 1. The van der Waals surface area contributed by atoms with Crippen LogP contribution < -0.4 is 21.3 Å². The Morgan fingerprint density at radius 2 is 1.67 bits per heavy atom. The van der Waals surface area contributed by atoms with Crippen molar-refractivity contribution in [2.45, 2.75) is 72.1 Å². The predicted molar refractivity (Wildman–Crippen MR) is 122 cm³/mol. The third-order valence-electron chi connectivity index (χ3n) is 3.94. The van der Waals surface area contributed by atoms with E-state index in [9.17, 15) is 9.59 Å². The third-order valence-corrected chi connectivity index (χ3v) is 3.94. The van der Waals surface area contributed by atoms with E-state index in [1.165, 1.54) is 0 Å². The highest BCUT2D eigenvalue weighted by atomic mass is 16.6. The molecule has 0 unspecified atom stereocenters. The van der Waals surface area contributed by atoms with E-state index in [1.807, 2.05) is 65.8 Å². The van der Waals surface area contributed by atoms with E-state index in [-0.39, 0.29) is 5.91 Å². The van der Waals surface area contributed by atoms with Crippen molar-refractivity contribution in [3.05, 3.63) is 29.8 Å². The van der Waals surface area contributed by atoms with Crippen molar-refractivity contribution >= 4 is 23.6 Å². The molecular formula is C22H37N5O3. The first-order valence-electron chi connectivity index (χ1n) is 10.3. The van der Waals surface area contributed by atoms with E-state index < -0.39 is 17.2 Å². The van der Waals surface area contributed by atoms with Gasteiger partial charge in [-0.15, -0.1) is 0 Å². The van der Waals surface area contributed by atoms with Crippen LogP contribution in [0.5, 0.6) is 0 Å². The van der Waals surface area contributed by atoms with Crippen molar-refractivity contribution < 1.29 is 14.3 Å². The molecule has 0 saturated carbocycles. The summed E-state index contributed by atoms with van der Waals surface area (Å²) < 4.78 is 5.31. The lowest BCUT2D eigenvalue weighted by molar-refractivity contribution is -0.116. The molecule has 168 valence electrons. The van der Waals surface area contributed by atoms with Crippen LogP contribution >= 0.6 is 0 Å². The second kappa shape index (κ2) is 11.4. The summed E-state index contributed by atoms with van der Waals surface area (Å²) in [5.41, 5.74) is 0.768. The second-order valence-electron chi connectivity index (χ2n) is 8.79. The zero-order chi connectivity index (χ0) is 22.8. The first-order chi connectivity index (χ1) is 13.9. The Labute approximate surface area is 180 Å². The highest BCUT2D eigenvalue weighted by Crippen LogP contribution is 2.11. The van der Waals surface area contributed by atoms with Crippen LogP contribution in [0.2, 0.25) is 0 Å². The zero-order valence-corrected chi connectivity index (χ0v) is 19.3. The molecular weight excluding hydrogens is 382 g/mol. The van der Waals surface area contributed by atoms with Gasteiger partial charge in [0.15, 0.2) is 5.96 Å². The number of guanidine groups is 1. The zero-order valence-electron chi connectivity index (χ0n) is 19.3. The van der Waals surface area contributed by atoms with Gasteiger partial charge in [0, 0.05) is 32.2 Å². The lowest BCUT2D eigenvalue weighted by atomic mass is 10.1. The molecule has 0 aliphatic heterocycles. The van der Waals surface area contributed by atoms with E-state index in [0.29, 0.717) is 25.5 Å². The van der Waals surface area contributed by atoms with Gasteiger partial charge in [0.2, 0.25) is 5.91 Å². The number of hydrogen-bond acceptors (Lipinski definition) is 4. The summed E-state index contributed by atoms with van der Waals surface area (Å²) in [5.74, 6) is 0.643. The fourth-order valence-corrected chi connectivity index (χ4v) is 2.49. The maximum atomic E-state index is 12.0. The van der Waals surface area contributed by atoms with Gasteiger partial charge in [-0.05, 0) is 58.7 Å². The van der Waals surface area contributed by atoms with Crippen LogP contribution in [0.15, 0.2) is 29.3 Å². The quantitative estimate of drug-likeness (QED) is 0.382. The maximum Gasteiger partial charge on any atom is 0.408 e. The summed E-state index contributed by atoms with van der Waals surface area (Å²) >= 11 is 0. The number of nitrogens with one attached hydrogen (secondary N) is 4. The van der Waals surface area contributed by atoms with Gasteiger partial charge in [-0.25, -0.2) is 4.79 Å². The molecule has 0 atom stereocenters. The predicted octanol–water partition coefficient (Wildman–Crippen LogP) is 3.39. The molecule has 8 heteroatoms. The first kappa shape index (κ1) is 25.3. The molecule has 0 spiro atoms. The molecule has 0 fully saturated rings. The van der Waals surface area contributed by atoms with Gasteiger partial charge in [0.05, 0.1) is 5.54 Å². The minimum absolute atomic E-state index is 0.0237.